The van der Waals surface area contributed by atoms with Gasteiger partial charge in [0.25, 0.3) is 0 Å². The van der Waals surface area contributed by atoms with E-state index in [4.69, 9.17) is 47.4 Å². The first-order valence-electron chi connectivity index (χ1n) is 22.0. The molecule has 0 bridgehead atoms. The van der Waals surface area contributed by atoms with Crippen LogP contribution in [-0.4, -0.2) is 191 Å². The average Bonchev–Trinajstić information content (AvgIpc) is 3.63. The van der Waals surface area contributed by atoms with E-state index in [1.54, 1.807) is 27.7 Å². The van der Waals surface area contributed by atoms with E-state index in [9.17, 15) is 65.1 Å². The number of ether oxygens (including phenoxy) is 10. The second-order valence-electron chi connectivity index (χ2n) is 17.1. The van der Waals surface area contributed by atoms with Gasteiger partial charge in [-0.3, -0.25) is 9.59 Å². The molecule has 1 saturated carbocycles. The average molecular weight is 961 g/mol. The van der Waals surface area contributed by atoms with Gasteiger partial charge in [-0.15, -0.1) is 0 Å². The van der Waals surface area contributed by atoms with Crippen LogP contribution in [0.25, 0.3) is 0 Å². The van der Waals surface area contributed by atoms with Gasteiger partial charge in [0.1, 0.15) is 54.9 Å². The largest absolute Gasteiger partial charge is 0.468 e. The van der Waals surface area contributed by atoms with Gasteiger partial charge in [0, 0.05) is 35.5 Å². The van der Waals surface area contributed by atoms with Crippen LogP contribution in [0.5, 0.6) is 0 Å². The zero-order chi connectivity index (χ0) is 49.4. The number of esters is 4. The molecule has 0 radical (unpaired) electrons. The third-order valence-electron chi connectivity index (χ3n) is 13.3. The van der Waals surface area contributed by atoms with Crippen LogP contribution in [0.3, 0.4) is 0 Å². The lowest BCUT2D eigenvalue weighted by atomic mass is 9.83. The van der Waals surface area contributed by atoms with Gasteiger partial charge in [0.2, 0.25) is 12.6 Å². The normalized spacial score (nSPS) is 39.3. The van der Waals surface area contributed by atoms with Gasteiger partial charge in [-0.2, -0.15) is 0 Å². The summed E-state index contributed by atoms with van der Waals surface area (Å²) in [4.78, 5) is 53.4. The fourth-order valence-electron chi connectivity index (χ4n) is 9.19. The minimum absolute atomic E-state index is 0.0696. The Morgan fingerprint density at radius 1 is 0.701 bits per heavy atom. The van der Waals surface area contributed by atoms with Crippen molar-refractivity contribution in [2.24, 2.45) is 35.5 Å². The molecular weight excluding hydrogens is 896 g/mol. The molecule has 0 aromatic carbocycles. The molecule has 0 amide bonds. The highest BCUT2D eigenvalue weighted by Crippen LogP contribution is 2.44. The Kier molecular flexibility index (Phi) is 19.3. The summed E-state index contributed by atoms with van der Waals surface area (Å²) < 4.78 is 55.7. The fraction of sp³-hybridized carbons (Fsp3) is 0.727. The lowest BCUT2D eigenvalue weighted by Crippen LogP contribution is -2.60. The Morgan fingerprint density at radius 2 is 1.15 bits per heavy atom. The first kappa shape index (κ1) is 53.9. The number of allylic oxidation sites excluding steroid dienone is 2. The number of carbonyl (C=O) groups excluding carboxylic acids is 4. The molecule has 67 heavy (non-hydrogen) atoms. The Bertz CT molecular complexity index is 1840. The number of methoxy groups -OCH3 is 2. The molecular formula is C44H64O23. The van der Waals surface area contributed by atoms with Gasteiger partial charge < -0.3 is 93.3 Å². The molecule has 0 aromatic rings. The van der Waals surface area contributed by atoms with Crippen LogP contribution in [0, 0.1) is 35.5 Å². The molecule has 2 saturated heterocycles. The van der Waals surface area contributed by atoms with E-state index in [0.29, 0.717) is 0 Å². The summed E-state index contributed by atoms with van der Waals surface area (Å²) in [6.07, 6.45) is -15.2. The van der Waals surface area contributed by atoms with Gasteiger partial charge in [-0.05, 0) is 38.0 Å². The maximum Gasteiger partial charge on any atom is 0.337 e. The smallest absolute Gasteiger partial charge is 0.337 e. The molecule has 19 unspecified atom stereocenters. The van der Waals surface area contributed by atoms with Gasteiger partial charge in [-0.1, -0.05) is 26.0 Å². The summed E-state index contributed by atoms with van der Waals surface area (Å²) in [5.74, 6) is -6.83. The lowest BCUT2D eigenvalue weighted by molar-refractivity contribution is -0.327. The Hall–Kier alpha value is -4.08. The lowest BCUT2D eigenvalue weighted by Gasteiger charge is -2.42. The van der Waals surface area contributed by atoms with E-state index in [-0.39, 0.29) is 53.8 Å². The highest BCUT2D eigenvalue weighted by molar-refractivity contribution is 5.91. The van der Waals surface area contributed by atoms with Crippen LogP contribution >= 0.6 is 0 Å². The summed E-state index contributed by atoms with van der Waals surface area (Å²) in [5.41, 5.74) is 0.291. The van der Waals surface area contributed by atoms with E-state index < -0.39 is 154 Å². The molecule has 3 fully saturated rings. The van der Waals surface area contributed by atoms with Crippen molar-refractivity contribution < 1.29 is 113 Å². The van der Waals surface area contributed by atoms with Crippen LogP contribution in [0.1, 0.15) is 47.0 Å². The number of hydrogen-bond donors (Lipinski definition) is 9. The van der Waals surface area contributed by atoms with Crippen molar-refractivity contribution >= 4 is 23.9 Å². The van der Waals surface area contributed by atoms with Crippen molar-refractivity contribution in [2.75, 3.05) is 40.6 Å². The topological polar surface area (TPSA) is 343 Å². The molecule has 5 rings (SSSR count). The molecule has 0 aromatic heterocycles. The minimum Gasteiger partial charge on any atom is -0.468 e. The molecule has 4 heterocycles. The van der Waals surface area contributed by atoms with Gasteiger partial charge in [0.05, 0.1) is 70.6 Å². The first-order chi connectivity index (χ1) is 31.9. The predicted octanol–water partition coefficient (Wildman–Crippen LogP) is -2.29. The number of aliphatic hydroxyl groups is 9. The maximum absolute atomic E-state index is 13.9. The predicted molar refractivity (Wildman–Crippen MR) is 221 cm³/mol. The summed E-state index contributed by atoms with van der Waals surface area (Å²) in [5, 5.41) is 91.7. The third kappa shape index (κ3) is 11.9. The van der Waals surface area contributed by atoms with E-state index in [1.165, 1.54) is 12.2 Å². The first-order valence-corrected chi connectivity index (χ1v) is 22.0. The minimum atomic E-state index is -1.78. The second kappa shape index (κ2) is 24.0. The van der Waals surface area contributed by atoms with Crippen molar-refractivity contribution in [3.8, 4) is 0 Å². The van der Waals surface area contributed by atoms with Crippen LogP contribution in [0.4, 0.5) is 0 Å². The molecule has 23 nitrogen and oxygen atoms in total. The van der Waals surface area contributed by atoms with E-state index in [2.05, 4.69) is 0 Å². The van der Waals surface area contributed by atoms with Gasteiger partial charge >= 0.3 is 23.9 Å². The Morgan fingerprint density at radius 3 is 1.55 bits per heavy atom. The molecule has 9 N–H and O–H groups in total. The van der Waals surface area contributed by atoms with Crippen LogP contribution < -0.4 is 0 Å². The maximum atomic E-state index is 13.9. The summed E-state index contributed by atoms with van der Waals surface area (Å²) in [6, 6.07) is 0. The zero-order valence-corrected chi connectivity index (χ0v) is 38.0. The van der Waals surface area contributed by atoms with Crippen molar-refractivity contribution in [1.82, 2.24) is 0 Å². The number of aliphatic hydroxyl groups excluding tert-OH is 9. The van der Waals surface area contributed by atoms with E-state index >= 15 is 0 Å². The summed E-state index contributed by atoms with van der Waals surface area (Å²) in [6.45, 7) is 4.89. The fourth-order valence-corrected chi connectivity index (χ4v) is 9.19. The van der Waals surface area contributed by atoms with Gasteiger partial charge in [0.15, 0.2) is 12.6 Å². The van der Waals surface area contributed by atoms with Crippen molar-refractivity contribution in [3.05, 3.63) is 47.0 Å². The number of hydrogen-bond acceptors (Lipinski definition) is 23. The summed E-state index contributed by atoms with van der Waals surface area (Å²) >= 11 is 0. The monoisotopic (exact) mass is 960 g/mol. The highest BCUT2D eigenvalue weighted by Gasteiger charge is 2.50. The quantitative estimate of drug-likeness (QED) is 0.0421. The summed E-state index contributed by atoms with van der Waals surface area (Å²) in [7, 11) is 2.27. The molecule has 23 heteroatoms. The zero-order valence-electron chi connectivity index (χ0n) is 38.0. The Balaban J connectivity index is 1.27. The van der Waals surface area contributed by atoms with Crippen LogP contribution in [-0.2, 0) is 66.5 Å². The van der Waals surface area contributed by atoms with Gasteiger partial charge in [-0.25, -0.2) is 9.59 Å². The molecule has 19 atom stereocenters. The van der Waals surface area contributed by atoms with Crippen molar-refractivity contribution in [3.63, 3.8) is 0 Å². The van der Waals surface area contributed by atoms with E-state index in [0.717, 1.165) is 26.7 Å². The number of rotatable bonds is 17. The van der Waals surface area contributed by atoms with Crippen molar-refractivity contribution in [2.45, 2.75) is 127 Å². The molecule has 4 aliphatic heterocycles. The van der Waals surface area contributed by atoms with Crippen LogP contribution in [0.2, 0.25) is 0 Å². The van der Waals surface area contributed by atoms with Crippen LogP contribution in [0.15, 0.2) is 47.0 Å². The third-order valence-corrected chi connectivity index (χ3v) is 13.3. The Labute approximate surface area is 386 Å². The molecule has 0 spiro atoms. The van der Waals surface area contributed by atoms with E-state index in [1.807, 2.05) is 0 Å². The van der Waals surface area contributed by atoms with Crippen molar-refractivity contribution in [1.29, 1.82) is 0 Å². The molecule has 5 aliphatic rings. The number of carbonyl (C=O) groups is 4. The molecule has 378 valence electrons. The standard InChI is InChI=1S/C44H64O23/c1-7-20-23(26(39(56)58-5)16-61-41(20)66-43-37(54)35(52)33(50)29(13-46)64-43)10-31(48)60-15-25-19(4)28(9-22(25)18(3)12-45)63-32(49)11-24-21(8-2)42(62-17-27(24)40(57)59-6)67-44-38(55)36(53)34(51)30(14-47)65-44/h7-8,16-19,22-25,28-30,33-38,41-47,50-55H,9-15H2,1-6H3. The molecule has 1 aliphatic carbocycles. The SMILES string of the molecule is CC=C1C(OC2OC(CO)C(O)C(O)C2O)OC=C(C(=O)OC)C1CC(=O)OCC1C(C)C(OC(=O)CC2C(C(=O)OC)=COC(OC3OC(CO)C(O)C(O)C3O)C2=CC)CC1C(C)CO. The highest BCUT2D eigenvalue weighted by atomic mass is 16.8. The second-order valence-corrected chi connectivity index (χ2v) is 17.1.